The van der Waals surface area contributed by atoms with Gasteiger partial charge < -0.3 is 10.6 Å². The molecule has 0 unspecified atom stereocenters. The quantitative estimate of drug-likeness (QED) is 0.245. The van der Waals surface area contributed by atoms with E-state index in [-0.39, 0.29) is 19.8 Å². The zero-order valence-corrected chi connectivity index (χ0v) is 18.7. The maximum absolute atomic E-state index is 12.3. The van der Waals surface area contributed by atoms with Gasteiger partial charge in [-0.25, -0.2) is 0 Å². The maximum Gasteiger partial charge on any atom is 0.324 e. The van der Waals surface area contributed by atoms with E-state index >= 15 is 0 Å². The van der Waals surface area contributed by atoms with Crippen LogP contribution in [0.5, 0.6) is 0 Å². The van der Waals surface area contributed by atoms with Gasteiger partial charge in [0.15, 0.2) is 0 Å². The Morgan fingerprint density at radius 1 is 0.588 bits per heavy atom. The van der Waals surface area contributed by atoms with E-state index in [9.17, 15) is 29.8 Å². The van der Waals surface area contributed by atoms with Crippen molar-refractivity contribution in [2.45, 2.75) is 0 Å². The smallest absolute Gasteiger partial charge is 0.321 e. The first-order valence-electron chi connectivity index (χ1n) is 9.62. The maximum atomic E-state index is 12.3. The van der Waals surface area contributed by atoms with Crippen LogP contribution in [0, 0.1) is 20.2 Å². The third kappa shape index (κ3) is 5.14. The Bertz CT molecular complexity index is 1290. The number of hydrogen-bond donors (Lipinski definition) is 2. The van der Waals surface area contributed by atoms with Crippen LogP contribution in [0.1, 0.15) is 19.3 Å². The van der Waals surface area contributed by atoms with Crippen LogP contribution >= 0.6 is 22.7 Å². The molecule has 0 bridgehead atoms. The Balaban J connectivity index is 1.38. The van der Waals surface area contributed by atoms with Crippen molar-refractivity contribution < 1.29 is 19.4 Å². The first kappa shape index (κ1) is 22.8. The number of nitro groups is 2. The summed E-state index contributed by atoms with van der Waals surface area (Å²) in [6.07, 6.45) is 0. The van der Waals surface area contributed by atoms with Gasteiger partial charge in [0, 0.05) is 23.5 Å². The summed E-state index contributed by atoms with van der Waals surface area (Å²) in [7, 11) is 0. The van der Waals surface area contributed by atoms with E-state index in [1.165, 1.54) is 24.3 Å². The number of hydrogen-bond acceptors (Lipinski definition) is 8. The summed E-state index contributed by atoms with van der Waals surface area (Å²) in [4.78, 5) is 45.5. The average molecular weight is 495 g/mol. The van der Waals surface area contributed by atoms with Gasteiger partial charge in [-0.2, -0.15) is 0 Å². The highest BCUT2D eigenvalue weighted by atomic mass is 32.1. The van der Waals surface area contributed by atoms with Crippen molar-refractivity contribution >= 4 is 55.9 Å². The fraction of sp³-hybridized carbons (Fsp3) is 0. The number of thiophene rings is 2. The molecule has 0 atom stereocenters. The minimum Gasteiger partial charge on any atom is -0.321 e. The summed E-state index contributed by atoms with van der Waals surface area (Å²) in [6.45, 7) is 0. The lowest BCUT2D eigenvalue weighted by atomic mass is 10.0. The highest BCUT2D eigenvalue weighted by Crippen LogP contribution is 2.27. The van der Waals surface area contributed by atoms with Crippen molar-refractivity contribution in [2.75, 3.05) is 10.6 Å². The number of benzene rings is 2. The number of anilines is 2. The van der Waals surface area contributed by atoms with Gasteiger partial charge >= 0.3 is 10.0 Å². The standard InChI is InChI=1S/C22H14N4O6S2/c27-21(17-9-11-19(33-17)25(29)30)23-15-5-1-13(2-6-15)14-3-7-16(8-4-14)24-22(28)18-10-12-20(34-18)26(31)32/h1-12H,(H,23,27)(H,24,28). The van der Waals surface area contributed by atoms with Gasteiger partial charge in [0.05, 0.1) is 19.6 Å². The molecular weight excluding hydrogens is 480 g/mol. The van der Waals surface area contributed by atoms with Crippen molar-refractivity contribution in [3.8, 4) is 11.1 Å². The predicted molar refractivity (Wildman–Crippen MR) is 130 cm³/mol. The minimum atomic E-state index is -0.540. The number of carbonyl (C=O) groups excluding carboxylic acids is 2. The fourth-order valence-corrected chi connectivity index (χ4v) is 4.40. The summed E-state index contributed by atoms with van der Waals surface area (Å²) in [6, 6.07) is 19.5. The molecule has 2 amide bonds. The van der Waals surface area contributed by atoms with E-state index in [4.69, 9.17) is 0 Å². The molecule has 34 heavy (non-hydrogen) atoms. The first-order valence-corrected chi connectivity index (χ1v) is 11.2. The highest BCUT2D eigenvalue weighted by Gasteiger charge is 2.16. The Kier molecular flexibility index (Phi) is 6.43. The van der Waals surface area contributed by atoms with Gasteiger partial charge in [-0.3, -0.25) is 29.8 Å². The molecule has 2 heterocycles. The van der Waals surface area contributed by atoms with E-state index in [1.54, 1.807) is 24.3 Å². The highest BCUT2D eigenvalue weighted by molar-refractivity contribution is 7.17. The van der Waals surface area contributed by atoms with E-state index in [2.05, 4.69) is 10.6 Å². The molecule has 2 N–H and O–H groups in total. The second kappa shape index (κ2) is 9.60. The molecule has 0 spiro atoms. The summed E-state index contributed by atoms with van der Waals surface area (Å²) in [5, 5.41) is 26.8. The summed E-state index contributed by atoms with van der Waals surface area (Å²) in [5.74, 6) is -0.857. The monoisotopic (exact) mass is 494 g/mol. The zero-order valence-electron chi connectivity index (χ0n) is 17.1. The topological polar surface area (TPSA) is 144 Å². The fourth-order valence-electron chi connectivity index (χ4n) is 2.97. The van der Waals surface area contributed by atoms with Crippen LogP contribution in [-0.2, 0) is 0 Å². The lowest BCUT2D eigenvalue weighted by molar-refractivity contribution is -0.380. The number of amides is 2. The van der Waals surface area contributed by atoms with Gasteiger partial charge in [-0.05, 0) is 47.5 Å². The number of rotatable bonds is 7. The van der Waals surface area contributed by atoms with Gasteiger partial charge in [-0.1, -0.05) is 46.9 Å². The predicted octanol–water partition coefficient (Wildman–Crippen LogP) is 5.80. The molecule has 10 nitrogen and oxygen atoms in total. The SMILES string of the molecule is O=C(Nc1ccc(-c2ccc(NC(=O)c3ccc([N+](=O)[O-])s3)cc2)cc1)c1ccc([N+](=O)[O-])s1. The van der Waals surface area contributed by atoms with Gasteiger partial charge in [0.2, 0.25) is 0 Å². The van der Waals surface area contributed by atoms with Crippen LogP contribution in [0.2, 0.25) is 0 Å². The molecular formula is C22H14N4O6S2. The van der Waals surface area contributed by atoms with Crippen LogP contribution in [0.4, 0.5) is 21.4 Å². The van der Waals surface area contributed by atoms with Crippen LogP contribution in [0.15, 0.2) is 72.8 Å². The average Bonchev–Trinajstić information content (AvgIpc) is 3.51. The molecule has 2 aromatic heterocycles. The molecule has 0 saturated carbocycles. The van der Waals surface area contributed by atoms with E-state index in [1.807, 2.05) is 24.3 Å². The Labute approximate surface area is 199 Å². The molecule has 4 rings (SSSR count). The van der Waals surface area contributed by atoms with Crippen molar-refractivity contribution in [3.63, 3.8) is 0 Å². The van der Waals surface area contributed by atoms with Crippen LogP contribution in [-0.4, -0.2) is 21.7 Å². The van der Waals surface area contributed by atoms with Gasteiger partial charge in [0.25, 0.3) is 11.8 Å². The lowest BCUT2D eigenvalue weighted by Gasteiger charge is -2.08. The van der Waals surface area contributed by atoms with Crippen molar-refractivity contribution in [1.29, 1.82) is 0 Å². The van der Waals surface area contributed by atoms with Crippen LogP contribution in [0.25, 0.3) is 11.1 Å². The largest absolute Gasteiger partial charge is 0.324 e. The number of nitrogens with one attached hydrogen (secondary N) is 2. The van der Waals surface area contributed by atoms with Crippen molar-refractivity contribution in [1.82, 2.24) is 0 Å². The normalized spacial score (nSPS) is 10.5. The molecule has 2 aromatic carbocycles. The van der Waals surface area contributed by atoms with Crippen LogP contribution in [0.3, 0.4) is 0 Å². The molecule has 0 aliphatic rings. The third-order valence-corrected chi connectivity index (χ3v) is 6.68. The van der Waals surface area contributed by atoms with Gasteiger partial charge in [-0.15, -0.1) is 0 Å². The molecule has 170 valence electrons. The van der Waals surface area contributed by atoms with Gasteiger partial charge in [0.1, 0.15) is 0 Å². The molecule has 0 aliphatic carbocycles. The Morgan fingerprint density at radius 3 is 1.24 bits per heavy atom. The van der Waals surface area contributed by atoms with E-state index < -0.39 is 21.7 Å². The lowest BCUT2D eigenvalue weighted by Crippen LogP contribution is -2.10. The summed E-state index contributed by atoms with van der Waals surface area (Å²) >= 11 is 1.61. The molecule has 0 aliphatic heterocycles. The Hall–Kier alpha value is -4.42. The Morgan fingerprint density at radius 2 is 0.941 bits per heavy atom. The molecule has 0 saturated heterocycles. The molecule has 0 radical (unpaired) electrons. The van der Waals surface area contributed by atoms with Crippen LogP contribution < -0.4 is 10.6 Å². The number of nitrogens with zero attached hydrogens (tertiary/aromatic N) is 2. The zero-order chi connectivity index (χ0) is 24.2. The minimum absolute atomic E-state index is 0.100. The van der Waals surface area contributed by atoms with Crippen molar-refractivity contribution in [3.05, 3.63) is 103 Å². The van der Waals surface area contributed by atoms with E-state index in [0.29, 0.717) is 11.4 Å². The second-order valence-electron chi connectivity index (χ2n) is 6.85. The number of carbonyl (C=O) groups is 2. The second-order valence-corrected chi connectivity index (χ2v) is 8.98. The molecule has 12 heteroatoms. The third-order valence-electron chi connectivity index (χ3n) is 4.61. The molecule has 0 fully saturated rings. The van der Waals surface area contributed by atoms with Crippen molar-refractivity contribution in [2.24, 2.45) is 0 Å². The summed E-state index contributed by atoms with van der Waals surface area (Å²) < 4.78 is 0. The summed E-state index contributed by atoms with van der Waals surface area (Å²) in [5.41, 5.74) is 2.82. The van der Waals surface area contributed by atoms with E-state index in [0.717, 1.165) is 33.8 Å². The first-order chi connectivity index (χ1) is 16.3. The molecule has 4 aromatic rings.